The first-order valence-electron chi connectivity index (χ1n) is 5.60. The van der Waals surface area contributed by atoms with E-state index in [1.807, 2.05) is 12.1 Å². The van der Waals surface area contributed by atoms with Crippen LogP contribution in [0.25, 0.3) is 0 Å². The zero-order valence-corrected chi connectivity index (χ0v) is 12.3. The summed E-state index contributed by atoms with van der Waals surface area (Å²) in [5.41, 5.74) is 2.94. The van der Waals surface area contributed by atoms with Crippen molar-refractivity contribution in [3.05, 3.63) is 45.1 Å². The average molecular weight is 342 g/mol. The van der Waals surface area contributed by atoms with Crippen molar-refractivity contribution in [2.75, 3.05) is 6.61 Å². The van der Waals surface area contributed by atoms with Crippen LogP contribution in [0, 0.1) is 0 Å². The van der Waals surface area contributed by atoms with Gasteiger partial charge in [0, 0.05) is 12.4 Å². The first kappa shape index (κ1) is 14.1. The van der Waals surface area contributed by atoms with Crippen LogP contribution in [0.1, 0.15) is 16.1 Å². The molecule has 1 unspecified atom stereocenters. The molecule has 1 atom stereocenters. The first-order chi connectivity index (χ1) is 9.20. The number of hydrogen-bond acceptors (Lipinski definition) is 5. The summed E-state index contributed by atoms with van der Waals surface area (Å²) in [6.45, 7) is -0.129. The van der Waals surface area contributed by atoms with E-state index in [1.54, 1.807) is 17.9 Å². The Labute approximate surface area is 122 Å². The quantitative estimate of drug-likeness (QED) is 0.866. The molecule has 0 spiro atoms. The Morgan fingerprint density at radius 3 is 2.79 bits per heavy atom. The minimum atomic E-state index is -0.344. The molecule has 0 aliphatic rings. The molecule has 7 heteroatoms. The van der Waals surface area contributed by atoms with E-state index in [4.69, 9.17) is 0 Å². The molecule has 2 aromatic heterocycles. The lowest BCUT2D eigenvalue weighted by Gasteiger charge is -2.15. The maximum absolute atomic E-state index is 12.0. The molecule has 2 aromatic rings. The molecule has 19 heavy (non-hydrogen) atoms. The summed E-state index contributed by atoms with van der Waals surface area (Å²) in [5.74, 6) is -0.291. The molecular formula is C12H12BrN3O2S. The van der Waals surface area contributed by atoms with Crippen molar-refractivity contribution in [2.24, 2.45) is 0 Å². The zero-order valence-electron chi connectivity index (χ0n) is 9.91. The molecular weight excluding hydrogens is 330 g/mol. The van der Waals surface area contributed by atoms with E-state index < -0.39 is 0 Å². The van der Waals surface area contributed by atoms with Crippen molar-refractivity contribution in [2.45, 2.75) is 12.5 Å². The molecule has 0 aliphatic carbocycles. The number of pyridine rings is 1. The number of carbonyl (C=O) groups is 1. The van der Waals surface area contributed by atoms with Crippen LogP contribution in [0.15, 0.2) is 33.8 Å². The number of hydrogen-bond donors (Lipinski definition) is 2. The van der Waals surface area contributed by atoms with Crippen molar-refractivity contribution in [1.82, 2.24) is 15.3 Å². The van der Waals surface area contributed by atoms with Gasteiger partial charge in [0.15, 0.2) is 5.69 Å². The van der Waals surface area contributed by atoms with Crippen LogP contribution in [0.3, 0.4) is 0 Å². The van der Waals surface area contributed by atoms with Gasteiger partial charge in [-0.3, -0.25) is 9.78 Å². The van der Waals surface area contributed by atoms with Crippen molar-refractivity contribution in [1.29, 1.82) is 0 Å². The van der Waals surface area contributed by atoms with Gasteiger partial charge in [0.1, 0.15) is 3.79 Å². The fraction of sp³-hybridized carbons (Fsp3) is 0.250. The van der Waals surface area contributed by atoms with Gasteiger partial charge in [-0.15, -0.1) is 11.3 Å². The largest absolute Gasteiger partial charge is 0.394 e. The molecule has 100 valence electrons. The number of aliphatic hydroxyl groups excluding tert-OH is 1. The normalized spacial score (nSPS) is 12.1. The summed E-state index contributed by atoms with van der Waals surface area (Å²) in [4.78, 5) is 19.9. The summed E-state index contributed by atoms with van der Waals surface area (Å²) >= 11 is 4.62. The Morgan fingerprint density at radius 2 is 2.21 bits per heavy atom. The van der Waals surface area contributed by atoms with Gasteiger partial charge in [-0.2, -0.15) is 0 Å². The molecule has 0 radical (unpaired) electrons. The smallest absolute Gasteiger partial charge is 0.272 e. The highest BCUT2D eigenvalue weighted by Gasteiger charge is 2.17. The van der Waals surface area contributed by atoms with Gasteiger partial charge in [0.25, 0.3) is 5.91 Å². The van der Waals surface area contributed by atoms with Crippen molar-refractivity contribution in [3.8, 4) is 0 Å². The molecule has 0 saturated carbocycles. The minimum Gasteiger partial charge on any atom is -0.394 e. The van der Waals surface area contributed by atoms with Gasteiger partial charge in [0.05, 0.1) is 18.2 Å². The van der Waals surface area contributed by atoms with Crippen molar-refractivity contribution in [3.63, 3.8) is 0 Å². The highest BCUT2D eigenvalue weighted by molar-refractivity contribution is 9.11. The topological polar surface area (TPSA) is 75.1 Å². The monoisotopic (exact) mass is 341 g/mol. The summed E-state index contributed by atoms with van der Waals surface area (Å²) in [7, 11) is 0. The van der Waals surface area contributed by atoms with E-state index >= 15 is 0 Å². The predicted octanol–water partition coefficient (Wildman–Crippen LogP) is 1.63. The van der Waals surface area contributed by atoms with Crippen molar-refractivity contribution >= 4 is 33.2 Å². The molecule has 1 amide bonds. The second kappa shape index (κ2) is 6.74. The standard InChI is InChI=1S/C12H12BrN3O2S/c13-11-10(15-7-19-11)12(18)16-9(6-17)5-8-1-3-14-4-2-8/h1-4,7,9,17H,5-6H2,(H,16,18). The molecule has 5 nitrogen and oxygen atoms in total. The zero-order chi connectivity index (χ0) is 13.7. The summed E-state index contributed by atoms with van der Waals surface area (Å²) in [5, 5.41) is 12.1. The number of nitrogens with zero attached hydrogens (tertiary/aromatic N) is 2. The fourth-order valence-electron chi connectivity index (χ4n) is 1.60. The van der Waals surface area contributed by atoms with Gasteiger partial charge >= 0.3 is 0 Å². The Hall–Kier alpha value is -1.31. The van der Waals surface area contributed by atoms with Crippen LogP contribution in [0.2, 0.25) is 0 Å². The average Bonchev–Trinajstić information content (AvgIpc) is 2.85. The number of carbonyl (C=O) groups excluding carboxylic acids is 1. The molecule has 0 bridgehead atoms. The Bertz CT molecular complexity index is 547. The van der Waals surface area contributed by atoms with Gasteiger partial charge in [-0.25, -0.2) is 4.98 Å². The highest BCUT2D eigenvalue weighted by Crippen LogP contribution is 2.20. The molecule has 0 aliphatic heterocycles. The van der Waals surface area contributed by atoms with Crippen LogP contribution in [-0.2, 0) is 6.42 Å². The number of aliphatic hydroxyl groups is 1. The van der Waals surface area contributed by atoms with Crippen LogP contribution in [0.4, 0.5) is 0 Å². The second-order valence-corrected chi connectivity index (χ2v) is 6.06. The number of nitrogens with one attached hydrogen (secondary N) is 1. The minimum absolute atomic E-state index is 0.129. The van der Waals surface area contributed by atoms with E-state index in [0.29, 0.717) is 15.9 Å². The number of thiazole rings is 1. The second-order valence-electron chi connectivity index (χ2n) is 3.89. The van der Waals surface area contributed by atoms with Crippen LogP contribution < -0.4 is 5.32 Å². The number of halogens is 1. The molecule has 2 heterocycles. The third-order valence-corrected chi connectivity index (χ3v) is 4.07. The maximum atomic E-state index is 12.0. The fourth-order valence-corrected chi connectivity index (χ4v) is 2.64. The molecule has 2 rings (SSSR count). The number of rotatable bonds is 5. The van der Waals surface area contributed by atoms with E-state index in [1.165, 1.54) is 11.3 Å². The van der Waals surface area contributed by atoms with Crippen molar-refractivity contribution < 1.29 is 9.90 Å². The molecule has 0 saturated heterocycles. The van der Waals surface area contributed by atoms with Crippen LogP contribution in [0.5, 0.6) is 0 Å². The SMILES string of the molecule is O=C(NC(CO)Cc1ccncc1)c1ncsc1Br. The van der Waals surface area contributed by atoms with Crippen LogP contribution in [-0.4, -0.2) is 33.6 Å². The summed E-state index contributed by atoms with van der Waals surface area (Å²) < 4.78 is 0.686. The van der Waals surface area contributed by atoms with E-state index in [2.05, 4.69) is 31.2 Å². The van der Waals surface area contributed by atoms with Gasteiger partial charge < -0.3 is 10.4 Å². The summed E-state index contributed by atoms with van der Waals surface area (Å²) in [6.07, 6.45) is 3.91. The van der Waals surface area contributed by atoms with E-state index in [9.17, 15) is 9.90 Å². The van der Waals surface area contributed by atoms with Gasteiger partial charge in [-0.1, -0.05) is 0 Å². The van der Waals surface area contributed by atoms with Gasteiger partial charge in [-0.05, 0) is 40.0 Å². The first-order valence-corrected chi connectivity index (χ1v) is 7.27. The maximum Gasteiger partial charge on any atom is 0.272 e. The third-order valence-electron chi connectivity index (χ3n) is 2.53. The Balaban J connectivity index is 2.00. The molecule has 2 N–H and O–H groups in total. The lowest BCUT2D eigenvalue weighted by molar-refractivity contribution is 0.0911. The Morgan fingerprint density at radius 1 is 1.47 bits per heavy atom. The van der Waals surface area contributed by atoms with Crippen LogP contribution >= 0.6 is 27.3 Å². The van der Waals surface area contributed by atoms with E-state index in [-0.39, 0.29) is 18.6 Å². The van der Waals surface area contributed by atoms with Gasteiger partial charge in [0.2, 0.25) is 0 Å². The molecule has 0 fully saturated rings. The Kier molecular flexibility index (Phi) is 5.00. The summed E-state index contributed by atoms with van der Waals surface area (Å²) in [6, 6.07) is 3.37. The number of aromatic nitrogens is 2. The highest BCUT2D eigenvalue weighted by atomic mass is 79.9. The number of amides is 1. The van der Waals surface area contributed by atoms with E-state index in [0.717, 1.165) is 5.56 Å². The third kappa shape index (κ3) is 3.82. The molecule has 0 aromatic carbocycles. The predicted molar refractivity (Wildman–Crippen MR) is 76.1 cm³/mol. The lowest BCUT2D eigenvalue weighted by atomic mass is 10.1. The lowest BCUT2D eigenvalue weighted by Crippen LogP contribution is -2.39.